The Morgan fingerprint density at radius 1 is 1.38 bits per heavy atom. The van der Waals surface area contributed by atoms with Gasteiger partial charge in [0.25, 0.3) is 0 Å². The molecule has 1 saturated heterocycles. The van der Waals surface area contributed by atoms with Gasteiger partial charge in [0.05, 0.1) is 5.92 Å². The second-order valence-corrected chi connectivity index (χ2v) is 6.35. The van der Waals surface area contributed by atoms with Crippen molar-refractivity contribution in [1.29, 1.82) is 0 Å². The van der Waals surface area contributed by atoms with E-state index in [9.17, 15) is 4.79 Å². The molecule has 6 nitrogen and oxygen atoms in total. The van der Waals surface area contributed by atoms with Gasteiger partial charge in [0.1, 0.15) is 0 Å². The Balaban J connectivity index is 1.66. The van der Waals surface area contributed by atoms with Gasteiger partial charge in [0.15, 0.2) is 0 Å². The topological polar surface area (TPSA) is 72.1 Å². The molecule has 0 aliphatic carbocycles. The highest BCUT2D eigenvalue weighted by Crippen LogP contribution is 2.30. The predicted octanol–water partition coefficient (Wildman–Crippen LogP) is 2.10. The fourth-order valence-corrected chi connectivity index (χ4v) is 2.29. The summed E-state index contributed by atoms with van der Waals surface area (Å²) in [5.74, 6) is 1.42. The van der Waals surface area contributed by atoms with Crippen molar-refractivity contribution < 1.29 is 9.32 Å². The maximum absolute atomic E-state index is 12.1. The molecule has 0 spiro atoms. The van der Waals surface area contributed by atoms with Crippen LogP contribution in [0, 0.1) is 5.41 Å². The third-order valence-electron chi connectivity index (χ3n) is 3.52. The smallest absolute Gasteiger partial charge is 0.233 e. The average Bonchev–Trinajstić information content (AvgIpc) is 2.86. The number of hydrogen-bond acceptors (Lipinski definition) is 5. The quantitative estimate of drug-likeness (QED) is 0.845. The average molecular weight is 286 g/mol. The molecule has 6 heteroatoms. The van der Waals surface area contributed by atoms with E-state index in [0.717, 1.165) is 5.56 Å². The number of likely N-dealkylation sites (tertiary alicyclic amines) is 1. The van der Waals surface area contributed by atoms with Crippen molar-refractivity contribution in [3.8, 4) is 11.4 Å². The Hall–Kier alpha value is -2.24. The summed E-state index contributed by atoms with van der Waals surface area (Å²) in [6.45, 7) is 7.07. The Morgan fingerprint density at radius 3 is 2.76 bits per heavy atom. The number of aromatic nitrogens is 3. The maximum atomic E-state index is 12.1. The van der Waals surface area contributed by atoms with E-state index >= 15 is 0 Å². The van der Waals surface area contributed by atoms with Gasteiger partial charge < -0.3 is 9.42 Å². The monoisotopic (exact) mass is 286 g/mol. The fraction of sp³-hybridized carbons (Fsp3) is 0.467. The molecule has 1 fully saturated rings. The third kappa shape index (κ3) is 2.66. The van der Waals surface area contributed by atoms with E-state index in [1.54, 1.807) is 12.4 Å². The molecule has 0 N–H and O–H groups in total. The summed E-state index contributed by atoms with van der Waals surface area (Å²) in [7, 11) is 0. The van der Waals surface area contributed by atoms with Crippen LogP contribution in [0.3, 0.4) is 0 Å². The van der Waals surface area contributed by atoms with Crippen LogP contribution in [-0.2, 0) is 4.79 Å². The molecule has 0 unspecified atom stereocenters. The number of nitrogens with zero attached hydrogens (tertiary/aromatic N) is 4. The van der Waals surface area contributed by atoms with Crippen molar-refractivity contribution in [3.05, 3.63) is 30.4 Å². The molecule has 0 atom stereocenters. The summed E-state index contributed by atoms with van der Waals surface area (Å²) in [5, 5.41) is 3.98. The van der Waals surface area contributed by atoms with Crippen LogP contribution in [-0.4, -0.2) is 39.0 Å². The van der Waals surface area contributed by atoms with Crippen LogP contribution in [0.25, 0.3) is 11.4 Å². The summed E-state index contributed by atoms with van der Waals surface area (Å²) in [6.07, 6.45) is 3.40. The zero-order chi connectivity index (χ0) is 15.0. The number of carbonyl (C=O) groups excluding carboxylic acids is 1. The zero-order valence-corrected chi connectivity index (χ0v) is 12.4. The van der Waals surface area contributed by atoms with E-state index in [4.69, 9.17) is 4.52 Å². The van der Waals surface area contributed by atoms with E-state index in [-0.39, 0.29) is 17.2 Å². The lowest BCUT2D eigenvalue weighted by atomic mass is 9.90. The molecule has 1 amide bonds. The van der Waals surface area contributed by atoms with Crippen LogP contribution in [0.1, 0.15) is 32.6 Å². The van der Waals surface area contributed by atoms with E-state index in [2.05, 4.69) is 15.1 Å². The van der Waals surface area contributed by atoms with Gasteiger partial charge in [0, 0.05) is 36.5 Å². The predicted molar refractivity (Wildman–Crippen MR) is 76.3 cm³/mol. The highest BCUT2D eigenvalue weighted by Gasteiger charge is 2.39. The Bertz CT molecular complexity index is 639. The molecule has 3 rings (SSSR count). The SMILES string of the molecule is CC(C)(C)C(=O)N1CC(c2nc(-c3cccnc3)no2)C1. The molecule has 1 aliphatic rings. The first-order valence-electron chi connectivity index (χ1n) is 6.98. The first-order chi connectivity index (χ1) is 9.95. The lowest BCUT2D eigenvalue weighted by molar-refractivity contribution is -0.144. The normalized spacial score (nSPS) is 15.9. The second-order valence-electron chi connectivity index (χ2n) is 6.35. The summed E-state index contributed by atoms with van der Waals surface area (Å²) in [6, 6.07) is 3.72. The standard InChI is InChI=1S/C15H18N4O2/c1-15(2,3)14(20)19-8-11(9-19)13-17-12(18-21-13)10-5-4-6-16-7-10/h4-7,11H,8-9H2,1-3H3. The Labute approximate surface area is 123 Å². The molecular formula is C15H18N4O2. The Morgan fingerprint density at radius 2 is 2.14 bits per heavy atom. The van der Waals surface area contributed by atoms with Crippen LogP contribution in [0.4, 0.5) is 0 Å². The second kappa shape index (κ2) is 4.95. The van der Waals surface area contributed by atoms with Crippen molar-refractivity contribution in [3.63, 3.8) is 0 Å². The summed E-state index contributed by atoms with van der Waals surface area (Å²) in [5.41, 5.74) is 0.482. The molecule has 0 aromatic carbocycles. The lowest BCUT2D eigenvalue weighted by Crippen LogP contribution is -2.52. The minimum Gasteiger partial charge on any atom is -0.341 e. The molecule has 110 valence electrons. The van der Waals surface area contributed by atoms with Crippen LogP contribution in [0.5, 0.6) is 0 Å². The van der Waals surface area contributed by atoms with Gasteiger partial charge in [-0.2, -0.15) is 4.98 Å². The number of amides is 1. The zero-order valence-electron chi connectivity index (χ0n) is 12.4. The van der Waals surface area contributed by atoms with Crippen LogP contribution < -0.4 is 0 Å². The van der Waals surface area contributed by atoms with E-state index in [1.165, 1.54) is 0 Å². The molecule has 2 aromatic rings. The van der Waals surface area contributed by atoms with Crippen LogP contribution in [0.2, 0.25) is 0 Å². The van der Waals surface area contributed by atoms with E-state index < -0.39 is 0 Å². The van der Waals surface area contributed by atoms with Crippen molar-refractivity contribution in [2.45, 2.75) is 26.7 Å². The van der Waals surface area contributed by atoms with Crippen LogP contribution in [0.15, 0.2) is 29.0 Å². The molecule has 0 radical (unpaired) electrons. The number of pyridine rings is 1. The van der Waals surface area contributed by atoms with Crippen molar-refractivity contribution in [2.24, 2.45) is 5.41 Å². The fourth-order valence-electron chi connectivity index (χ4n) is 2.29. The number of hydrogen-bond donors (Lipinski definition) is 0. The molecule has 3 heterocycles. The van der Waals surface area contributed by atoms with Gasteiger partial charge in [-0.15, -0.1) is 0 Å². The van der Waals surface area contributed by atoms with Gasteiger partial charge >= 0.3 is 0 Å². The van der Waals surface area contributed by atoms with Gasteiger partial charge in [-0.3, -0.25) is 9.78 Å². The van der Waals surface area contributed by atoms with Gasteiger partial charge in [-0.25, -0.2) is 0 Å². The van der Waals surface area contributed by atoms with Crippen molar-refractivity contribution in [2.75, 3.05) is 13.1 Å². The lowest BCUT2D eigenvalue weighted by Gasteiger charge is -2.40. The summed E-state index contributed by atoms with van der Waals surface area (Å²) >= 11 is 0. The first-order valence-corrected chi connectivity index (χ1v) is 6.98. The van der Waals surface area contributed by atoms with Crippen molar-refractivity contribution in [1.82, 2.24) is 20.0 Å². The van der Waals surface area contributed by atoms with E-state index in [1.807, 2.05) is 37.8 Å². The van der Waals surface area contributed by atoms with Gasteiger partial charge in [-0.05, 0) is 12.1 Å². The minimum absolute atomic E-state index is 0.134. The Kier molecular flexibility index (Phi) is 3.23. The number of rotatable bonds is 2. The van der Waals surface area contributed by atoms with Gasteiger partial charge in [-0.1, -0.05) is 25.9 Å². The van der Waals surface area contributed by atoms with Crippen molar-refractivity contribution >= 4 is 5.91 Å². The molecule has 0 saturated carbocycles. The maximum Gasteiger partial charge on any atom is 0.233 e. The van der Waals surface area contributed by atoms with E-state index in [0.29, 0.717) is 24.8 Å². The van der Waals surface area contributed by atoms with Crippen LogP contribution >= 0.6 is 0 Å². The molecular weight excluding hydrogens is 268 g/mol. The minimum atomic E-state index is -0.347. The highest BCUT2D eigenvalue weighted by molar-refractivity contribution is 5.82. The third-order valence-corrected chi connectivity index (χ3v) is 3.52. The summed E-state index contributed by atoms with van der Waals surface area (Å²) < 4.78 is 5.31. The highest BCUT2D eigenvalue weighted by atomic mass is 16.5. The molecule has 1 aliphatic heterocycles. The molecule has 21 heavy (non-hydrogen) atoms. The molecule has 2 aromatic heterocycles. The first kappa shape index (κ1) is 13.7. The number of carbonyl (C=O) groups is 1. The largest absolute Gasteiger partial charge is 0.341 e. The summed E-state index contributed by atoms with van der Waals surface area (Å²) in [4.78, 5) is 22.4. The molecule has 0 bridgehead atoms. The van der Waals surface area contributed by atoms with Gasteiger partial charge in [0.2, 0.25) is 17.6 Å².